The SMILES string of the molecule is CCCC1NC(=O)C(C(C)C)N(Cc2nc(C)no2)C1=O. The minimum Gasteiger partial charge on any atom is -0.342 e. The Balaban J connectivity index is 2.25. The van der Waals surface area contributed by atoms with Crippen molar-refractivity contribution in [3.63, 3.8) is 0 Å². The van der Waals surface area contributed by atoms with Crippen LogP contribution >= 0.6 is 0 Å². The normalized spacial score (nSPS) is 22.8. The molecule has 2 unspecified atom stereocenters. The number of aryl methyl sites for hydroxylation is 1. The summed E-state index contributed by atoms with van der Waals surface area (Å²) < 4.78 is 5.09. The van der Waals surface area contributed by atoms with Crippen LogP contribution in [0.2, 0.25) is 0 Å². The third kappa shape index (κ3) is 3.22. The van der Waals surface area contributed by atoms with Gasteiger partial charge in [-0.3, -0.25) is 9.59 Å². The summed E-state index contributed by atoms with van der Waals surface area (Å²) in [5, 5.41) is 6.55. The van der Waals surface area contributed by atoms with Crippen molar-refractivity contribution < 1.29 is 14.1 Å². The summed E-state index contributed by atoms with van der Waals surface area (Å²) in [5.41, 5.74) is 0. The molecule has 21 heavy (non-hydrogen) atoms. The molecule has 116 valence electrons. The molecule has 0 spiro atoms. The second kappa shape index (κ2) is 6.24. The number of rotatable bonds is 5. The van der Waals surface area contributed by atoms with Crippen molar-refractivity contribution in [2.24, 2.45) is 5.92 Å². The first-order valence-electron chi connectivity index (χ1n) is 7.34. The smallest absolute Gasteiger partial charge is 0.246 e. The molecule has 2 atom stereocenters. The minimum atomic E-state index is -0.502. The largest absolute Gasteiger partial charge is 0.342 e. The number of carbonyl (C=O) groups is 2. The van der Waals surface area contributed by atoms with Crippen molar-refractivity contribution in [2.75, 3.05) is 0 Å². The summed E-state index contributed by atoms with van der Waals surface area (Å²) in [6.45, 7) is 7.72. The van der Waals surface area contributed by atoms with Gasteiger partial charge in [-0.1, -0.05) is 32.3 Å². The Kier molecular flexibility index (Phi) is 4.59. The highest BCUT2D eigenvalue weighted by atomic mass is 16.5. The summed E-state index contributed by atoms with van der Waals surface area (Å²) in [6, 6.07) is -0.959. The molecule has 0 aliphatic carbocycles. The van der Waals surface area contributed by atoms with Crippen molar-refractivity contribution in [2.45, 2.75) is 59.2 Å². The van der Waals surface area contributed by atoms with Crippen LogP contribution in [0.1, 0.15) is 45.3 Å². The lowest BCUT2D eigenvalue weighted by molar-refractivity contribution is -0.152. The molecule has 7 nitrogen and oxygen atoms in total. The van der Waals surface area contributed by atoms with Gasteiger partial charge in [-0.15, -0.1) is 0 Å². The lowest BCUT2D eigenvalue weighted by Crippen LogP contribution is -2.64. The maximum atomic E-state index is 12.6. The zero-order chi connectivity index (χ0) is 15.6. The van der Waals surface area contributed by atoms with Crippen molar-refractivity contribution in [1.82, 2.24) is 20.4 Å². The van der Waals surface area contributed by atoms with E-state index in [0.717, 1.165) is 6.42 Å². The minimum absolute atomic E-state index is 0.0144. The average Bonchev–Trinajstić information content (AvgIpc) is 2.80. The molecule has 1 aromatic heterocycles. The third-order valence-corrected chi connectivity index (χ3v) is 3.59. The second-order valence-electron chi connectivity index (χ2n) is 5.74. The molecule has 0 aromatic carbocycles. The van der Waals surface area contributed by atoms with E-state index in [1.807, 2.05) is 20.8 Å². The quantitative estimate of drug-likeness (QED) is 0.876. The van der Waals surface area contributed by atoms with Gasteiger partial charge >= 0.3 is 0 Å². The van der Waals surface area contributed by atoms with Gasteiger partial charge < -0.3 is 14.7 Å². The monoisotopic (exact) mass is 294 g/mol. The molecule has 7 heteroatoms. The average molecular weight is 294 g/mol. The summed E-state index contributed by atoms with van der Waals surface area (Å²) in [7, 11) is 0. The summed E-state index contributed by atoms with van der Waals surface area (Å²) in [4.78, 5) is 30.6. The van der Waals surface area contributed by atoms with Crippen LogP contribution < -0.4 is 5.32 Å². The van der Waals surface area contributed by atoms with Crippen molar-refractivity contribution >= 4 is 11.8 Å². The van der Waals surface area contributed by atoms with E-state index in [-0.39, 0.29) is 24.3 Å². The number of nitrogens with one attached hydrogen (secondary N) is 1. The Hall–Kier alpha value is -1.92. The Morgan fingerprint density at radius 3 is 2.62 bits per heavy atom. The molecule has 1 fully saturated rings. The molecular weight excluding hydrogens is 272 g/mol. The molecule has 2 amide bonds. The topological polar surface area (TPSA) is 88.3 Å². The van der Waals surface area contributed by atoms with Crippen LogP contribution in [-0.2, 0) is 16.1 Å². The van der Waals surface area contributed by atoms with Crippen LogP contribution in [0.15, 0.2) is 4.52 Å². The zero-order valence-electron chi connectivity index (χ0n) is 12.9. The summed E-state index contributed by atoms with van der Waals surface area (Å²) in [5.74, 6) is 0.701. The molecule has 1 saturated heterocycles. The first kappa shape index (κ1) is 15.5. The molecule has 0 saturated carbocycles. The Morgan fingerprint density at radius 2 is 2.10 bits per heavy atom. The lowest BCUT2D eigenvalue weighted by atomic mass is 9.95. The van der Waals surface area contributed by atoms with Gasteiger partial charge in [0.15, 0.2) is 5.82 Å². The van der Waals surface area contributed by atoms with Gasteiger partial charge in [-0.05, 0) is 19.3 Å². The van der Waals surface area contributed by atoms with Gasteiger partial charge in [-0.2, -0.15) is 4.98 Å². The Morgan fingerprint density at radius 1 is 1.38 bits per heavy atom. The Bertz CT molecular complexity index is 526. The van der Waals surface area contributed by atoms with Gasteiger partial charge in [0, 0.05) is 0 Å². The standard InChI is InChI=1S/C14H22N4O3/c1-5-6-10-14(20)18(7-11-15-9(4)17-21-11)12(8(2)3)13(19)16-10/h8,10,12H,5-7H2,1-4H3,(H,16,19). The molecule has 1 aliphatic heterocycles. The molecule has 0 bridgehead atoms. The van der Waals surface area contributed by atoms with Crippen LogP contribution in [-0.4, -0.2) is 38.9 Å². The number of hydrogen-bond acceptors (Lipinski definition) is 5. The van der Waals surface area contributed by atoms with E-state index in [2.05, 4.69) is 15.5 Å². The number of nitrogens with zero attached hydrogens (tertiary/aromatic N) is 3. The van der Waals surface area contributed by atoms with Crippen LogP contribution in [0, 0.1) is 12.8 Å². The van der Waals surface area contributed by atoms with Gasteiger partial charge in [0.25, 0.3) is 0 Å². The summed E-state index contributed by atoms with van der Waals surface area (Å²) in [6.07, 6.45) is 1.46. The van der Waals surface area contributed by atoms with Gasteiger partial charge in [0.05, 0.1) is 0 Å². The highest BCUT2D eigenvalue weighted by Gasteiger charge is 2.42. The highest BCUT2D eigenvalue weighted by molar-refractivity contribution is 5.97. The fourth-order valence-corrected chi connectivity index (χ4v) is 2.67. The zero-order valence-corrected chi connectivity index (χ0v) is 12.9. The van der Waals surface area contributed by atoms with Crippen LogP contribution in [0.3, 0.4) is 0 Å². The first-order valence-corrected chi connectivity index (χ1v) is 7.34. The molecule has 1 aliphatic rings. The van der Waals surface area contributed by atoms with E-state index >= 15 is 0 Å². The number of aromatic nitrogens is 2. The molecular formula is C14H22N4O3. The van der Waals surface area contributed by atoms with Crippen LogP contribution in [0.4, 0.5) is 0 Å². The number of carbonyl (C=O) groups excluding carboxylic acids is 2. The predicted octanol–water partition coefficient (Wildman–Crippen LogP) is 1.03. The second-order valence-corrected chi connectivity index (χ2v) is 5.74. The van der Waals surface area contributed by atoms with E-state index in [4.69, 9.17) is 4.52 Å². The van der Waals surface area contributed by atoms with E-state index in [9.17, 15) is 9.59 Å². The van der Waals surface area contributed by atoms with E-state index in [1.165, 1.54) is 0 Å². The van der Waals surface area contributed by atoms with Gasteiger partial charge in [0.1, 0.15) is 18.6 Å². The molecule has 2 heterocycles. The number of amides is 2. The fourth-order valence-electron chi connectivity index (χ4n) is 2.67. The molecule has 1 N–H and O–H groups in total. The van der Waals surface area contributed by atoms with Crippen molar-refractivity contribution in [1.29, 1.82) is 0 Å². The van der Waals surface area contributed by atoms with Gasteiger partial charge in [0.2, 0.25) is 17.7 Å². The van der Waals surface area contributed by atoms with E-state index < -0.39 is 12.1 Å². The lowest BCUT2D eigenvalue weighted by Gasteiger charge is -2.40. The Labute approximate surface area is 124 Å². The van der Waals surface area contributed by atoms with Crippen molar-refractivity contribution in [3.05, 3.63) is 11.7 Å². The molecule has 0 radical (unpaired) electrons. The maximum Gasteiger partial charge on any atom is 0.246 e. The molecule has 2 rings (SSSR count). The van der Waals surface area contributed by atoms with Gasteiger partial charge in [-0.25, -0.2) is 0 Å². The first-order chi connectivity index (χ1) is 9.93. The number of hydrogen-bond donors (Lipinski definition) is 1. The molecule has 1 aromatic rings. The third-order valence-electron chi connectivity index (χ3n) is 3.59. The fraction of sp³-hybridized carbons (Fsp3) is 0.714. The summed E-state index contributed by atoms with van der Waals surface area (Å²) >= 11 is 0. The van der Waals surface area contributed by atoms with Crippen LogP contribution in [0.5, 0.6) is 0 Å². The number of piperazine rings is 1. The maximum absolute atomic E-state index is 12.6. The van der Waals surface area contributed by atoms with Crippen molar-refractivity contribution in [3.8, 4) is 0 Å². The highest BCUT2D eigenvalue weighted by Crippen LogP contribution is 2.21. The predicted molar refractivity (Wildman–Crippen MR) is 75.0 cm³/mol. The van der Waals surface area contributed by atoms with E-state index in [0.29, 0.717) is 18.1 Å². The van der Waals surface area contributed by atoms with E-state index in [1.54, 1.807) is 11.8 Å². The van der Waals surface area contributed by atoms with Crippen LogP contribution in [0.25, 0.3) is 0 Å².